The number of ether oxygens (including phenoxy) is 1. The fraction of sp³-hybridized carbons (Fsp3) is 0.579. The fourth-order valence-corrected chi connectivity index (χ4v) is 3.63. The Morgan fingerprint density at radius 2 is 1.75 bits per heavy atom. The first-order chi connectivity index (χ1) is 11.7. The Kier molecular flexibility index (Phi) is 5.76. The van der Waals surface area contributed by atoms with Crippen LogP contribution in [0.5, 0.6) is 5.75 Å². The molecule has 5 heteroatoms. The third-order valence-electron chi connectivity index (χ3n) is 5.14. The summed E-state index contributed by atoms with van der Waals surface area (Å²) in [5, 5.41) is 20.2. The van der Waals surface area contributed by atoms with E-state index in [9.17, 15) is 10.2 Å². The number of likely N-dealkylation sites (tertiary alicyclic amines) is 2. The number of methoxy groups -OCH3 is 1. The van der Waals surface area contributed by atoms with Crippen molar-refractivity contribution in [2.45, 2.75) is 37.5 Å². The van der Waals surface area contributed by atoms with Crippen molar-refractivity contribution in [2.75, 3.05) is 33.3 Å². The number of piperidine rings is 2. The van der Waals surface area contributed by atoms with Crippen molar-refractivity contribution in [3.05, 3.63) is 36.0 Å². The van der Waals surface area contributed by atoms with Gasteiger partial charge in [0.15, 0.2) is 0 Å². The van der Waals surface area contributed by atoms with Crippen LogP contribution in [0.3, 0.4) is 0 Å². The Bertz CT molecular complexity index is 538. The molecule has 0 spiro atoms. The summed E-state index contributed by atoms with van der Waals surface area (Å²) in [6, 6.07) is 8.18. The molecule has 2 saturated heterocycles. The van der Waals surface area contributed by atoms with Crippen LogP contribution in [0.25, 0.3) is 6.08 Å². The Labute approximate surface area is 144 Å². The van der Waals surface area contributed by atoms with Gasteiger partial charge in [-0.1, -0.05) is 12.1 Å². The number of hydrogen-bond acceptors (Lipinski definition) is 5. The van der Waals surface area contributed by atoms with Gasteiger partial charge in [-0.15, -0.1) is 0 Å². The van der Waals surface area contributed by atoms with Crippen LogP contribution in [0.2, 0.25) is 0 Å². The quantitative estimate of drug-likeness (QED) is 0.876. The third-order valence-corrected chi connectivity index (χ3v) is 5.14. The number of hydrogen-bond donors (Lipinski definition) is 2. The Morgan fingerprint density at radius 3 is 2.38 bits per heavy atom. The van der Waals surface area contributed by atoms with Gasteiger partial charge in [-0.3, -0.25) is 4.90 Å². The molecule has 2 N–H and O–H groups in total. The highest BCUT2D eigenvalue weighted by Gasteiger charge is 2.32. The topological polar surface area (TPSA) is 56.2 Å². The van der Waals surface area contributed by atoms with Crippen molar-refractivity contribution < 1.29 is 14.9 Å². The fourth-order valence-electron chi connectivity index (χ4n) is 3.63. The largest absolute Gasteiger partial charge is 0.497 e. The molecule has 3 rings (SSSR count). The summed E-state index contributed by atoms with van der Waals surface area (Å²) < 4.78 is 5.17. The molecule has 5 nitrogen and oxygen atoms in total. The molecular formula is C19H28N2O3. The zero-order chi connectivity index (χ0) is 16.9. The van der Waals surface area contributed by atoms with E-state index in [1.54, 1.807) is 7.11 Å². The number of rotatable bonds is 4. The predicted molar refractivity (Wildman–Crippen MR) is 94.8 cm³/mol. The second-order valence-corrected chi connectivity index (χ2v) is 6.77. The minimum absolute atomic E-state index is 0.161. The van der Waals surface area contributed by atoms with Crippen LogP contribution >= 0.6 is 0 Å². The lowest BCUT2D eigenvalue weighted by Crippen LogP contribution is -2.55. The summed E-state index contributed by atoms with van der Waals surface area (Å²) in [7, 11) is 1.67. The normalized spacial score (nSPS) is 26.9. The van der Waals surface area contributed by atoms with E-state index in [4.69, 9.17) is 4.74 Å². The molecule has 24 heavy (non-hydrogen) atoms. The van der Waals surface area contributed by atoms with Crippen molar-refractivity contribution in [1.29, 1.82) is 0 Å². The number of β-amino-alcohol motifs (C(OH)–C–C–N with tert-alkyl or cyclic N) is 1. The molecule has 0 radical (unpaired) electrons. The molecule has 0 aromatic heterocycles. The third kappa shape index (κ3) is 4.29. The summed E-state index contributed by atoms with van der Waals surface area (Å²) in [6.45, 7) is 3.40. The maximum atomic E-state index is 10.5. The van der Waals surface area contributed by atoms with Crippen molar-refractivity contribution >= 4 is 6.08 Å². The lowest BCUT2D eigenvalue weighted by Gasteiger charge is -2.43. The molecule has 1 aromatic rings. The van der Waals surface area contributed by atoms with Gasteiger partial charge in [0.1, 0.15) is 5.75 Å². The van der Waals surface area contributed by atoms with Crippen LogP contribution in [0, 0.1) is 0 Å². The van der Waals surface area contributed by atoms with Gasteiger partial charge in [-0.05, 0) is 49.2 Å². The van der Waals surface area contributed by atoms with Crippen LogP contribution in [-0.2, 0) is 0 Å². The van der Waals surface area contributed by atoms with E-state index in [1.165, 1.54) is 0 Å². The van der Waals surface area contributed by atoms with Gasteiger partial charge < -0.3 is 19.8 Å². The molecule has 2 fully saturated rings. The summed E-state index contributed by atoms with van der Waals surface area (Å²) in [5.41, 5.74) is 1.12. The standard InChI is InChI=1S/C19H28N2O3/c1-24-17-4-2-15(3-5-17)6-10-20-11-9-18(19(23)14-20)21-12-7-16(22)8-13-21/h2-6,10,16,18-19,22-23H,7-9,11-14H2,1H3/b10-6+. The summed E-state index contributed by atoms with van der Waals surface area (Å²) in [5.74, 6) is 0.857. The first-order valence-electron chi connectivity index (χ1n) is 8.82. The molecule has 0 aliphatic carbocycles. The van der Waals surface area contributed by atoms with E-state index < -0.39 is 0 Å². The van der Waals surface area contributed by atoms with E-state index in [2.05, 4.69) is 22.1 Å². The van der Waals surface area contributed by atoms with Gasteiger partial charge in [0, 0.05) is 32.2 Å². The van der Waals surface area contributed by atoms with Gasteiger partial charge in [0.05, 0.1) is 19.3 Å². The summed E-state index contributed by atoms with van der Waals surface area (Å²) in [6.07, 6.45) is 6.25. The Morgan fingerprint density at radius 1 is 1.04 bits per heavy atom. The van der Waals surface area contributed by atoms with Crippen molar-refractivity contribution in [2.24, 2.45) is 0 Å². The lowest BCUT2D eigenvalue weighted by molar-refractivity contribution is -0.0245. The second-order valence-electron chi connectivity index (χ2n) is 6.77. The summed E-state index contributed by atoms with van der Waals surface area (Å²) >= 11 is 0. The van der Waals surface area contributed by atoms with Gasteiger partial charge in [-0.25, -0.2) is 0 Å². The number of nitrogens with zero attached hydrogens (tertiary/aromatic N) is 2. The average Bonchev–Trinajstić information content (AvgIpc) is 2.61. The van der Waals surface area contributed by atoms with E-state index >= 15 is 0 Å². The van der Waals surface area contributed by atoms with E-state index in [1.807, 2.05) is 24.3 Å². The van der Waals surface area contributed by atoms with Crippen molar-refractivity contribution in [1.82, 2.24) is 9.80 Å². The van der Waals surface area contributed by atoms with Crippen LogP contribution in [0.1, 0.15) is 24.8 Å². The highest BCUT2D eigenvalue weighted by Crippen LogP contribution is 2.22. The van der Waals surface area contributed by atoms with E-state index in [0.717, 1.165) is 50.2 Å². The minimum atomic E-state index is -0.338. The Hall–Kier alpha value is -1.56. The maximum Gasteiger partial charge on any atom is 0.118 e. The molecule has 2 unspecified atom stereocenters. The molecule has 2 atom stereocenters. The number of benzene rings is 1. The maximum absolute atomic E-state index is 10.5. The molecule has 2 heterocycles. The first kappa shape index (κ1) is 17.3. The predicted octanol–water partition coefficient (Wildman–Crippen LogP) is 1.56. The minimum Gasteiger partial charge on any atom is -0.497 e. The summed E-state index contributed by atoms with van der Waals surface area (Å²) in [4.78, 5) is 4.53. The second kappa shape index (κ2) is 8.01. The molecule has 1 aromatic carbocycles. The van der Waals surface area contributed by atoms with Crippen LogP contribution < -0.4 is 4.74 Å². The molecule has 132 valence electrons. The van der Waals surface area contributed by atoms with Gasteiger partial charge in [0.25, 0.3) is 0 Å². The van der Waals surface area contributed by atoms with Crippen LogP contribution in [-0.4, -0.2) is 71.6 Å². The van der Waals surface area contributed by atoms with Crippen LogP contribution in [0.4, 0.5) is 0 Å². The van der Waals surface area contributed by atoms with E-state index in [-0.39, 0.29) is 18.2 Å². The van der Waals surface area contributed by atoms with Crippen molar-refractivity contribution in [3.8, 4) is 5.75 Å². The van der Waals surface area contributed by atoms with Crippen molar-refractivity contribution in [3.63, 3.8) is 0 Å². The SMILES string of the molecule is COc1ccc(/C=C/N2CCC(N3CCC(O)CC3)C(O)C2)cc1. The number of aliphatic hydroxyl groups is 2. The number of aliphatic hydroxyl groups excluding tert-OH is 2. The smallest absolute Gasteiger partial charge is 0.118 e. The first-order valence-corrected chi connectivity index (χ1v) is 8.82. The van der Waals surface area contributed by atoms with Gasteiger partial charge >= 0.3 is 0 Å². The molecular weight excluding hydrogens is 304 g/mol. The molecule has 0 bridgehead atoms. The highest BCUT2D eigenvalue weighted by atomic mass is 16.5. The Balaban J connectivity index is 1.52. The average molecular weight is 332 g/mol. The molecule has 2 aliphatic heterocycles. The highest BCUT2D eigenvalue weighted by molar-refractivity contribution is 5.50. The van der Waals surface area contributed by atoms with Crippen LogP contribution in [0.15, 0.2) is 30.5 Å². The lowest BCUT2D eigenvalue weighted by atomic mass is 9.97. The molecule has 2 aliphatic rings. The van der Waals surface area contributed by atoms with Gasteiger partial charge in [0.2, 0.25) is 0 Å². The van der Waals surface area contributed by atoms with Gasteiger partial charge in [-0.2, -0.15) is 0 Å². The zero-order valence-electron chi connectivity index (χ0n) is 14.3. The van der Waals surface area contributed by atoms with E-state index in [0.29, 0.717) is 6.54 Å². The molecule has 0 amide bonds. The zero-order valence-corrected chi connectivity index (χ0v) is 14.3. The monoisotopic (exact) mass is 332 g/mol. The molecule has 0 saturated carbocycles.